The maximum absolute atomic E-state index is 13.0. The van der Waals surface area contributed by atoms with Crippen molar-refractivity contribution in [1.29, 1.82) is 0 Å². The summed E-state index contributed by atoms with van der Waals surface area (Å²) in [6, 6.07) is 6.13. The zero-order chi connectivity index (χ0) is 15.9. The van der Waals surface area contributed by atoms with E-state index in [2.05, 4.69) is 0 Å². The molecule has 2 unspecified atom stereocenters. The number of nitrogens with two attached hydrogens (primary N) is 1. The normalized spacial score (nSPS) is 28.4. The molecule has 3 rings (SSSR count). The predicted octanol–water partition coefficient (Wildman–Crippen LogP) is 0.536. The van der Waals surface area contributed by atoms with Crippen LogP contribution in [0.4, 0.5) is 5.69 Å². The van der Waals surface area contributed by atoms with Crippen LogP contribution in [0.15, 0.2) is 24.3 Å². The molecule has 120 valence electrons. The Kier molecular flexibility index (Phi) is 3.86. The Labute approximate surface area is 130 Å². The molecule has 22 heavy (non-hydrogen) atoms. The minimum absolute atomic E-state index is 0.285. The molecular weight excluding hydrogens is 304 g/mol. The molecule has 1 amide bonds. The quantitative estimate of drug-likeness (QED) is 0.847. The van der Waals surface area contributed by atoms with Crippen LogP contribution < -0.4 is 10.0 Å². The molecule has 1 fully saturated rings. The number of hydrogen-bond acceptors (Lipinski definition) is 4. The number of fused-ring (bicyclic) bond motifs is 1. The monoisotopic (exact) mass is 324 g/mol. The number of primary amides is 1. The molecule has 1 aliphatic carbocycles. The Morgan fingerprint density at radius 2 is 1.91 bits per heavy atom. The van der Waals surface area contributed by atoms with Crippen molar-refractivity contribution in [2.24, 2.45) is 5.73 Å². The molecule has 1 heterocycles. The summed E-state index contributed by atoms with van der Waals surface area (Å²) in [5.41, 5.74) is 6.72. The van der Waals surface area contributed by atoms with Crippen LogP contribution in [0.3, 0.4) is 0 Å². The molecule has 0 aromatic heterocycles. The first kappa shape index (κ1) is 15.3. The van der Waals surface area contributed by atoms with E-state index in [1.807, 2.05) is 6.07 Å². The number of carbonyl (C=O) groups excluding carboxylic acids is 1. The summed E-state index contributed by atoms with van der Waals surface area (Å²) in [4.78, 5) is 11.7. The minimum atomic E-state index is -3.84. The number of anilines is 1. The molecule has 2 aliphatic rings. The van der Waals surface area contributed by atoms with Gasteiger partial charge >= 0.3 is 0 Å². The van der Waals surface area contributed by atoms with Crippen LogP contribution in [0.25, 0.3) is 0 Å². The Morgan fingerprint density at radius 3 is 2.59 bits per heavy atom. The molecule has 0 radical (unpaired) electrons. The first-order valence-corrected chi connectivity index (χ1v) is 9.02. The van der Waals surface area contributed by atoms with E-state index in [1.165, 1.54) is 0 Å². The molecule has 1 aromatic rings. The first-order chi connectivity index (χ1) is 10.4. The number of rotatable bonds is 3. The van der Waals surface area contributed by atoms with Crippen LogP contribution >= 0.6 is 0 Å². The number of aliphatic hydroxyl groups is 1. The lowest BCUT2D eigenvalue weighted by atomic mass is 9.97. The van der Waals surface area contributed by atoms with E-state index in [-0.39, 0.29) is 6.42 Å². The van der Waals surface area contributed by atoms with Crippen LogP contribution in [-0.2, 0) is 21.2 Å². The van der Waals surface area contributed by atoms with Gasteiger partial charge in [-0.05, 0) is 24.5 Å². The molecule has 0 bridgehead atoms. The highest BCUT2D eigenvalue weighted by Crippen LogP contribution is 2.38. The minimum Gasteiger partial charge on any atom is -0.392 e. The van der Waals surface area contributed by atoms with E-state index in [1.54, 1.807) is 18.2 Å². The number of sulfonamides is 1. The van der Waals surface area contributed by atoms with E-state index in [9.17, 15) is 18.3 Å². The lowest BCUT2D eigenvalue weighted by Crippen LogP contribution is -2.52. The summed E-state index contributed by atoms with van der Waals surface area (Å²) >= 11 is 0. The van der Waals surface area contributed by atoms with Gasteiger partial charge in [0.2, 0.25) is 15.9 Å². The zero-order valence-corrected chi connectivity index (χ0v) is 13.0. The molecule has 1 aromatic carbocycles. The number of hydrogen-bond donors (Lipinski definition) is 2. The maximum Gasteiger partial charge on any atom is 0.241 e. The molecule has 1 saturated carbocycles. The highest BCUT2D eigenvalue weighted by Gasteiger charge is 2.46. The highest BCUT2D eigenvalue weighted by molar-refractivity contribution is 7.93. The molecule has 7 heteroatoms. The molecule has 3 N–H and O–H groups in total. The van der Waals surface area contributed by atoms with Gasteiger partial charge in [-0.3, -0.25) is 9.10 Å². The van der Waals surface area contributed by atoms with Crippen LogP contribution in [0.5, 0.6) is 0 Å². The van der Waals surface area contributed by atoms with Crippen LogP contribution in [0.2, 0.25) is 0 Å². The fourth-order valence-electron chi connectivity index (χ4n) is 3.46. The number of nitrogens with zero attached hydrogens (tertiary/aromatic N) is 1. The van der Waals surface area contributed by atoms with E-state index in [0.29, 0.717) is 18.5 Å². The van der Waals surface area contributed by atoms with Crippen molar-refractivity contribution in [1.82, 2.24) is 0 Å². The van der Waals surface area contributed by atoms with E-state index in [4.69, 9.17) is 5.73 Å². The van der Waals surface area contributed by atoms with Gasteiger partial charge in [0.15, 0.2) is 0 Å². The summed E-state index contributed by atoms with van der Waals surface area (Å²) in [7, 11) is -3.84. The number of para-hydroxylation sites is 1. The Balaban J connectivity index is 2.05. The van der Waals surface area contributed by atoms with E-state index in [0.717, 1.165) is 22.7 Å². The van der Waals surface area contributed by atoms with Crippen molar-refractivity contribution in [2.45, 2.75) is 49.5 Å². The molecule has 1 aliphatic heterocycles. The number of carbonyl (C=O) groups is 1. The summed E-state index contributed by atoms with van der Waals surface area (Å²) in [5.74, 6) is -0.662. The Bertz CT molecular complexity index is 689. The van der Waals surface area contributed by atoms with Crippen LogP contribution in [0.1, 0.15) is 31.2 Å². The third kappa shape index (κ3) is 2.38. The van der Waals surface area contributed by atoms with Gasteiger partial charge in [-0.25, -0.2) is 8.42 Å². The maximum atomic E-state index is 13.0. The number of benzene rings is 1. The first-order valence-electron chi connectivity index (χ1n) is 7.51. The van der Waals surface area contributed by atoms with Crippen molar-refractivity contribution in [2.75, 3.05) is 4.31 Å². The Morgan fingerprint density at radius 1 is 1.23 bits per heavy atom. The summed E-state index contributed by atoms with van der Waals surface area (Å²) in [5, 5.41) is 9.25. The third-order valence-corrected chi connectivity index (χ3v) is 6.89. The third-order valence-electron chi connectivity index (χ3n) is 4.58. The lowest BCUT2D eigenvalue weighted by Gasteiger charge is -2.34. The fourth-order valence-corrected chi connectivity index (χ4v) is 5.73. The molecular formula is C15H20N2O4S. The van der Waals surface area contributed by atoms with Gasteiger partial charge in [0, 0.05) is 6.42 Å². The van der Waals surface area contributed by atoms with E-state index < -0.39 is 33.3 Å². The zero-order valence-electron chi connectivity index (χ0n) is 12.2. The van der Waals surface area contributed by atoms with Gasteiger partial charge < -0.3 is 10.8 Å². The molecule has 3 atom stereocenters. The second-order valence-electron chi connectivity index (χ2n) is 5.98. The summed E-state index contributed by atoms with van der Waals surface area (Å²) in [6.45, 7) is 0. The second-order valence-corrected chi connectivity index (χ2v) is 8.01. The van der Waals surface area contributed by atoms with Crippen LogP contribution in [0, 0.1) is 0 Å². The van der Waals surface area contributed by atoms with Gasteiger partial charge in [-0.15, -0.1) is 0 Å². The standard InChI is InChI=1S/C15H20N2O4S/c16-15(19)12-9-10-5-1-2-6-11(10)17(12)22(20,21)14-8-4-3-7-13(14)18/h1-2,5-6,12-14,18H,3-4,7-9H2,(H2,16,19)/t12-,13?,14?/m0/s1. The highest BCUT2D eigenvalue weighted by atomic mass is 32.2. The SMILES string of the molecule is NC(=O)[C@@H]1Cc2ccccc2N1S(=O)(=O)C1CCCCC1O. The van der Waals surface area contributed by atoms with Crippen molar-refractivity contribution in [3.8, 4) is 0 Å². The van der Waals surface area contributed by atoms with Gasteiger partial charge in [0.1, 0.15) is 11.3 Å². The van der Waals surface area contributed by atoms with E-state index >= 15 is 0 Å². The topological polar surface area (TPSA) is 101 Å². The number of aliphatic hydroxyl groups excluding tert-OH is 1. The average Bonchev–Trinajstić information content (AvgIpc) is 2.88. The van der Waals surface area contributed by atoms with Gasteiger partial charge in [0.25, 0.3) is 0 Å². The van der Waals surface area contributed by atoms with Crippen molar-refractivity contribution in [3.05, 3.63) is 29.8 Å². The summed E-state index contributed by atoms with van der Waals surface area (Å²) in [6.07, 6.45) is 1.86. The van der Waals surface area contributed by atoms with Gasteiger partial charge in [0.05, 0.1) is 11.8 Å². The molecule has 0 spiro atoms. The van der Waals surface area contributed by atoms with Gasteiger partial charge in [-0.2, -0.15) is 0 Å². The average molecular weight is 324 g/mol. The fraction of sp³-hybridized carbons (Fsp3) is 0.533. The van der Waals surface area contributed by atoms with Gasteiger partial charge in [-0.1, -0.05) is 31.0 Å². The van der Waals surface area contributed by atoms with Crippen LogP contribution in [-0.4, -0.2) is 36.8 Å². The number of amides is 1. The molecule has 0 saturated heterocycles. The van der Waals surface area contributed by atoms with Crippen molar-refractivity contribution >= 4 is 21.6 Å². The lowest BCUT2D eigenvalue weighted by molar-refractivity contribution is -0.118. The van der Waals surface area contributed by atoms with Crippen molar-refractivity contribution in [3.63, 3.8) is 0 Å². The Hall–Kier alpha value is -1.60. The largest absolute Gasteiger partial charge is 0.392 e. The summed E-state index contributed by atoms with van der Waals surface area (Å²) < 4.78 is 27.2. The smallest absolute Gasteiger partial charge is 0.241 e. The van der Waals surface area contributed by atoms with Crippen molar-refractivity contribution < 1.29 is 18.3 Å². The molecule has 6 nitrogen and oxygen atoms in total. The predicted molar refractivity (Wildman–Crippen MR) is 82.8 cm³/mol. The second kappa shape index (κ2) is 5.55.